The number of imidazole rings is 1. The number of nitrogens with zero attached hydrogens (tertiary/aromatic N) is 8. The topological polar surface area (TPSA) is 77.5 Å². The monoisotopic (exact) mass is 434 g/mol. The normalized spacial score (nSPS) is 17.7. The van der Waals surface area contributed by atoms with Crippen LogP contribution >= 0.6 is 0 Å². The third-order valence-corrected chi connectivity index (χ3v) is 6.35. The zero-order valence-corrected chi connectivity index (χ0v) is 17.4. The van der Waals surface area contributed by atoms with Crippen molar-refractivity contribution in [2.45, 2.75) is 44.7 Å². The zero-order chi connectivity index (χ0) is 21.8. The second-order valence-corrected chi connectivity index (χ2v) is 8.08. The first kappa shape index (κ1) is 19.0. The van der Waals surface area contributed by atoms with Crippen LogP contribution < -0.4 is 4.90 Å². The maximum absolute atomic E-state index is 14.5. The third kappa shape index (κ3) is 2.68. The lowest BCUT2D eigenvalue weighted by atomic mass is 9.89. The van der Waals surface area contributed by atoms with Crippen LogP contribution in [0, 0.1) is 11.6 Å². The Morgan fingerprint density at radius 1 is 1.12 bits per heavy atom. The molecule has 4 heterocycles. The fraction of sp³-hybridized carbons (Fsp3) is 0.318. The molecule has 8 nitrogen and oxygen atoms in total. The van der Waals surface area contributed by atoms with Gasteiger partial charge in [0.05, 0.1) is 17.8 Å². The Labute approximate surface area is 182 Å². The Hall–Kier alpha value is -3.69. The number of rotatable bonds is 4. The van der Waals surface area contributed by atoms with Crippen LogP contribution in [0.2, 0.25) is 0 Å². The molecule has 1 aromatic carbocycles. The van der Waals surface area contributed by atoms with Crippen molar-refractivity contribution in [3.8, 4) is 23.0 Å². The molecule has 1 fully saturated rings. The van der Waals surface area contributed by atoms with Crippen molar-refractivity contribution in [2.24, 2.45) is 0 Å². The molecule has 0 unspecified atom stereocenters. The lowest BCUT2D eigenvalue weighted by Crippen LogP contribution is -2.46. The summed E-state index contributed by atoms with van der Waals surface area (Å²) in [6.07, 6.45) is 10.8. The summed E-state index contributed by atoms with van der Waals surface area (Å²) in [6.45, 7) is 2.13. The largest absolute Gasteiger partial charge is 0.341 e. The highest BCUT2D eigenvalue weighted by Gasteiger charge is 2.39. The molecule has 3 aromatic heterocycles. The number of hydrogen-bond acceptors (Lipinski definition) is 6. The second kappa shape index (κ2) is 7.18. The van der Waals surface area contributed by atoms with Crippen LogP contribution in [0.5, 0.6) is 0 Å². The lowest BCUT2D eigenvalue weighted by molar-refractivity contribution is 0.341. The average Bonchev–Trinajstić information content (AvgIpc) is 3.44. The highest BCUT2D eigenvalue weighted by atomic mass is 19.2. The van der Waals surface area contributed by atoms with Crippen molar-refractivity contribution >= 4 is 5.82 Å². The van der Waals surface area contributed by atoms with Crippen LogP contribution in [0.25, 0.3) is 23.0 Å². The van der Waals surface area contributed by atoms with Crippen LogP contribution in [0.4, 0.5) is 14.6 Å². The van der Waals surface area contributed by atoms with Gasteiger partial charge in [0.1, 0.15) is 17.8 Å². The number of fused-ring (bicyclic) bond motifs is 3. The predicted molar refractivity (Wildman–Crippen MR) is 113 cm³/mol. The van der Waals surface area contributed by atoms with E-state index in [9.17, 15) is 8.78 Å². The molecule has 1 aliphatic heterocycles. The second-order valence-electron chi connectivity index (χ2n) is 8.08. The van der Waals surface area contributed by atoms with Gasteiger partial charge in [-0.05, 0) is 37.8 Å². The first-order chi connectivity index (χ1) is 15.7. The Morgan fingerprint density at radius 2 is 2.00 bits per heavy atom. The summed E-state index contributed by atoms with van der Waals surface area (Å²) in [7, 11) is 0. The number of benzene rings is 1. The molecule has 0 radical (unpaired) electrons. The smallest absolute Gasteiger partial charge is 0.237 e. The van der Waals surface area contributed by atoms with E-state index in [1.165, 1.54) is 24.8 Å². The molecule has 32 heavy (non-hydrogen) atoms. The van der Waals surface area contributed by atoms with Crippen molar-refractivity contribution in [3.05, 3.63) is 60.6 Å². The van der Waals surface area contributed by atoms with E-state index in [4.69, 9.17) is 4.98 Å². The van der Waals surface area contributed by atoms with E-state index < -0.39 is 11.6 Å². The molecule has 0 N–H and O–H groups in total. The predicted octanol–water partition coefficient (Wildman–Crippen LogP) is 4.01. The van der Waals surface area contributed by atoms with E-state index in [0.29, 0.717) is 12.0 Å². The summed E-state index contributed by atoms with van der Waals surface area (Å²) < 4.78 is 31.8. The van der Waals surface area contributed by atoms with Gasteiger partial charge < -0.3 is 4.90 Å². The molecule has 1 atom stereocenters. The molecule has 0 amide bonds. The molecule has 162 valence electrons. The summed E-state index contributed by atoms with van der Waals surface area (Å²) in [5.74, 6) is 0.381. The lowest BCUT2D eigenvalue weighted by Gasteiger charge is -2.45. The Morgan fingerprint density at radius 3 is 2.78 bits per heavy atom. The summed E-state index contributed by atoms with van der Waals surface area (Å²) in [6, 6.07) is 4.46. The van der Waals surface area contributed by atoms with Gasteiger partial charge in [-0.3, -0.25) is 9.13 Å². The van der Waals surface area contributed by atoms with E-state index in [2.05, 4.69) is 32.0 Å². The molecule has 0 spiro atoms. The Kier molecular flexibility index (Phi) is 4.27. The molecule has 4 aromatic rings. The Bertz CT molecular complexity index is 1310. The van der Waals surface area contributed by atoms with E-state index in [1.54, 1.807) is 23.3 Å². The van der Waals surface area contributed by atoms with Crippen LogP contribution in [-0.4, -0.2) is 40.3 Å². The van der Waals surface area contributed by atoms with Gasteiger partial charge in [0.2, 0.25) is 5.95 Å². The summed E-state index contributed by atoms with van der Waals surface area (Å²) >= 11 is 0. The van der Waals surface area contributed by atoms with Gasteiger partial charge in [-0.25, -0.2) is 18.7 Å². The maximum Gasteiger partial charge on any atom is 0.237 e. The fourth-order valence-electron chi connectivity index (χ4n) is 4.57. The van der Waals surface area contributed by atoms with Gasteiger partial charge >= 0.3 is 0 Å². The van der Waals surface area contributed by atoms with Gasteiger partial charge in [0, 0.05) is 18.4 Å². The number of halogens is 2. The van der Waals surface area contributed by atoms with E-state index in [1.807, 2.05) is 4.57 Å². The minimum absolute atomic E-state index is 0.0553. The molecule has 1 aliphatic carbocycles. The van der Waals surface area contributed by atoms with Gasteiger partial charge in [0.15, 0.2) is 23.3 Å². The zero-order valence-electron chi connectivity index (χ0n) is 17.4. The highest BCUT2D eigenvalue weighted by molar-refractivity contribution is 5.64. The average molecular weight is 434 g/mol. The summed E-state index contributed by atoms with van der Waals surface area (Å²) in [5, 5.41) is 8.49. The van der Waals surface area contributed by atoms with Crippen LogP contribution in [0.15, 0.2) is 43.1 Å². The Balaban J connectivity index is 1.52. The molecule has 10 heteroatoms. The fourth-order valence-corrected chi connectivity index (χ4v) is 4.57. The number of aromatic nitrogens is 7. The number of hydrogen-bond donors (Lipinski definition) is 0. The molecule has 2 aliphatic rings. The third-order valence-electron chi connectivity index (χ3n) is 6.35. The van der Waals surface area contributed by atoms with Gasteiger partial charge in [-0.2, -0.15) is 4.98 Å². The van der Waals surface area contributed by atoms with E-state index in [-0.39, 0.29) is 17.4 Å². The molecule has 0 saturated heterocycles. The van der Waals surface area contributed by atoms with Gasteiger partial charge in [-0.15, -0.1) is 10.2 Å². The van der Waals surface area contributed by atoms with E-state index >= 15 is 0 Å². The van der Waals surface area contributed by atoms with Gasteiger partial charge in [0.25, 0.3) is 0 Å². The minimum Gasteiger partial charge on any atom is -0.341 e. The molecule has 1 saturated carbocycles. The SMILES string of the molecule is CC[C@@H]1c2nncn2-c2cnc(-n3ccnc3-c3cccc(F)c3F)nc2N1C1CCC1. The van der Waals surface area contributed by atoms with Crippen molar-refractivity contribution in [1.29, 1.82) is 0 Å². The molecule has 6 rings (SSSR count). The molecule has 0 bridgehead atoms. The van der Waals surface area contributed by atoms with Crippen molar-refractivity contribution in [1.82, 2.24) is 34.3 Å². The van der Waals surface area contributed by atoms with Crippen molar-refractivity contribution < 1.29 is 8.78 Å². The van der Waals surface area contributed by atoms with Crippen molar-refractivity contribution in [3.63, 3.8) is 0 Å². The standard InChI is InChI=1S/C22H20F2N8/c1-2-16-21-29-27-12-31(21)17-11-26-22(28-20(17)32(16)13-5-3-6-13)30-10-9-25-19(30)14-7-4-8-15(23)18(14)24/h4,7-13,16H,2-3,5-6H2,1H3/t16-/m1/s1. The minimum atomic E-state index is -0.950. The first-order valence-electron chi connectivity index (χ1n) is 10.7. The molecular weight excluding hydrogens is 414 g/mol. The first-order valence-corrected chi connectivity index (χ1v) is 10.7. The van der Waals surface area contributed by atoms with E-state index in [0.717, 1.165) is 42.7 Å². The highest BCUT2D eigenvalue weighted by Crippen LogP contribution is 2.43. The van der Waals surface area contributed by atoms with Crippen molar-refractivity contribution in [2.75, 3.05) is 4.90 Å². The maximum atomic E-state index is 14.5. The summed E-state index contributed by atoms with van der Waals surface area (Å²) in [5.41, 5.74) is 0.864. The van der Waals surface area contributed by atoms with Crippen LogP contribution in [0.3, 0.4) is 0 Å². The quantitative estimate of drug-likeness (QED) is 0.483. The van der Waals surface area contributed by atoms with Crippen LogP contribution in [-0.2, 0) is 0 Å². The summed E-state index contributed by atoms with van der Waals surface area (Å²) in [4.78, 5) is 16.0. The number of anilines is 1. The molecular formula is C22H20F2N8. The van der Waals surface area contributed by atoms with Gasteiger partial charge in [-0.1, -0.05) is 13.0 Å². The van der Waals surface area contributed by atoms with Crippen LogP contribution in [0.1, 0.15) is 44.5 Å².